The van der Waals surface area contributed by atoms with E-state index >= 15 is 0 Å². The Morgan fingerprint density at radius 1 is 0.931 bits per heavy atom. The molecule has 4 nitrogen and oxygen atoms in total. The summed E-state index contributed by atoms with van der Waals surface area (Å²) in [5, 5.41) is 0.555. The molecule has 1 aliphatic rings. The van der Waals surface area contributed by atoms with Gasteiger partial charge in [0.25, 0.3) is 11.1 Å². The van der Waals surface area contributed by atoms with Gasteiger partial charge in [-0.2, -0.15) is 0 Å². The molecule has 1 fully saturated rings. The normalized spacial score (nSPS) is 15.6. The number of amides is 2. The molecule has 0 saturated carbocycles. The van der Waals surface area contributed by atoms with Crippen LogP contribution in [0.2, 0.25) is 10.0 Å². The lowest BCUT2D eigenvalue weighted by Crippen LogP contribution is -2.27. The average molecular weight is 444 g/mol. The number of carbonyl (C=O) groups is 2. The fraction of sp³-hybridized carbons (Fsp3) is 0.0909. The van der Waals surface area contributed by atoms with Crippen molar-refractivity contribution in [1.82, 2.24) is 0 Å². The molecule has 3 aromatic rings. The van der Waals surface area contributed by atoms with Crippen LogP contribution in [0.15, 0.2) is 57.9 Å². The summed E-state index contributed by atoms with van der Waals surface area (Å²) in [5.74, 6) is 0.690. The van der Waals surface area contributed by atoms with Crippen molar-refractivity contribution in [3.8, 4) is 11.3 Å². The van der Waals surface area contributed by atoms with Gasteiger partial charge in [-0.3, -0.25) is 9.59 Å². The number of hydrogen-bond acceptors (Lipinski definition) is 4. The number of nitrogens with zero attached hydrogens (tertiary/aromatic N) is 1. The maximum absolute atomic E-state index is 12.8. The molecule has 2 aromatic carbocycles. The highest BCUT2D eigenvalue weighted by atomic mass is 35.5. The van der Waals surface area contributed by atoms with Crippen LogP contribution in [0.5, 0.6) is 0 Å². The molecule has 146 valence electrons. The minimum atomic E-state index is -0.365. The maximum atomic E-state index is 12.8. The van der Waals surface area contributed by atoms with Crippen LogP contribution in [0.1, 0.15) is 16.9 Å². The van der Waals surface area contributed by atoms with Gasteiger partial charge in [0.1, 0.15) is 11.5 Å². The summed E-state index contributed by atoms with van der Waals surface area (Å²) < 4.78 is 5.81. The molecule has 0 spiro atoms. The minimum Gasteiger partial charge on any atom is -0.457 e. The highest BCUT2D eigenvalue weighted by Gasteiger charge is 2.36. The van der Waals surface area contributed by atoms with E-state index < -0.39 is 0 Å². The largest absolute Gasteiger partial charge is 0.457 e. The summed E-state index contributed by atoms with van der Waals surface area (Å²) in [6, 6.07) is 14.2. The Bertz CT molecular complexity index is 1180. The molecule has 0 unspecified atom stereocenters. The molecule has 2 heterocycles. The van der Waals surface area contributed by atoms with Crippen LogP contribution >= 0.6 is 35.0 Å². The van der Waals surface area contributed by atoms with Crippen molar-refractivity contribution in [3.63, 3.8) is 0 Å². The molecule has 1 saturated heterocycles. The van der Waals surface area contributed by atoms with Gasteiger partial charge in [-0.1, -0.05) is 29.3 Å². The third-order valence-corrected chi connectivity index (χ3v) is 6.26. The number of hydrogen-bond donors (Lipinski definition) is 0. The van der Waals surface area contributed by atoms with E-state index in [9.17, 15) is 9.59 Å². The van der Waals surface area contributed by atoms with Crippen molar-refractivity contribution in [2.24, 2.45) is 0 Å². The first-order valence-corrected chi connectivity index (χ1v) is 10.3. The number of halogens is 2. The summed E-state index contributed by atoms with van der Waals surface area (Å²) >= 11 is 12.9. The number of furan rings is 1. The van der Waals surface area contributed by atoms with E-state index in [1.807, 2.05) is 26.0 Å². The molecule has 0 bridgehead atoms. The van der Waals surface area contributed by atoms with E-state index in [1.165, 1.54) is 4.90 Å². The van der Waals surface area contributed by atoms with E-state index in [2.05, 4.69) is 0 Å². The molecule has 4 rings (SSSR count). The second-order valence-electron chi connectivity index (χ2n) is 6.62. The molecule has 7 heteroatoms. The van der Waals surface area contributed by atoms with E-state index in [-0.39, 0.29) is 11.1 Å². The second kappa shape index (κ2) is 7.75. The van der Waals surface area contributed by atoms with Crippen LogP contribution in [-0.2, 0) is 4.79 Å². The lowest BCUT2D eigenvalue weighted by molar-refractivity contribution is -0.113. The average Bonchev–Trinajstić information content (AvgIpc) is 3.25. The van der Waals surface area contributed by atoms with Gasteiger partial charge in [-0.25, -0.2) is 4.90 Å². The van der Waals surface area contributed by atoms with Crippen molar-refractivity contribution >= 4 is 57.9 Å². The zero-order chi connectivity index (χ0) is 20.7. The van der Waals surface area contributed by atoms with Crippen LogP contribution < -0.4 is 4.90 Å². The van der Waals surface area contributed by atoms with Crippen molar-refractivity contribution < 1.29 is 14.0 Å². The number of imide groups is 1. The number of thioether (sulfide) groups is 1. The van der Waals surface area contributed by atoms with Gasteiger partial charge in [-0.05, 0) is 79.2 Å². The van der Waals surface area contributed by atoms with Gasteiger partial charge in [0.05, 0.1) is 20.6 Å². The first-order chi connectivity index (χ1) is 13.8. The molecule has 0 atom stereocenters. The number of aryl methyl sites for hydroxylation is 2. The van der Waals surface area contributed by atoms with Gasteiger partial charge in [0, 0.05) is 11.6 Å². The van der Waals surface area contributed by atoms with Crippen molar-refractivity contribution in [1.29, 1.82) is 0 Å². The highest BCUT2D eigenvalue weighted by molar-refractivity contribution is 8.19. The Morgan fingerprint density at radius 3 is 2.45 bits per heavy atom. The van der Waals surface area contributed by atoms with Crippen LogP contribution in [0, 0.1) is 13.8 Å². The van der Waals surface area contributed by atoms with Gasteiger partial charge in [0.2, 0.25) is 0 Å². The molecule has 0 N–H and O–H groups in total. The molecule has 2 amide bonds. The first kappa shape index (κ1) is 19.8. The molecular formula is C22H15Cl2NO3S. The summed E-state index contributed by atoms with van der Waals surface area (Å²) in [5.41, 5.74) is 3.45. The number of benzene rings is 2. The van der Waals surface area contributed by atoms with E-state index in [1.54, 1.807) is 42.5 Å². The summed E-state index contributed by atoms with van der Waals surface area (Å²) in [7, 11) is 0. The van der Waals surface area contributed by atoms with Crippen molar-refractivity contribution in [3.05, 3.63) is 80.4 Å². The highest BCUT2D eigenvalue weighted by Crippen LogP contribution is 2.37. The molecule has 1 aliphatic heterocycles. The Hall–Kier alpha value is -2.47. The van der Waals surface area contributed by atoms with Gasteiger partial charge in [0.15, 0.2) is 0 Å². The Kier molecular flexibility index (Phi) is 5.30. The number of carbonyl (C=O) groups excluding carboxylic acids is 2. The Balaban J connectivity index is 1.61. The van der Waals surface area contributed by atoms with Crippen molar-refractivity contribution in [2.45, 2.75) is 13.8 Å². The predicted molar refractivity (Wildman–Crippen MR) is 119 cm³/mol. The van der Waals surface area contributed by atoms with Crippen LogP contribution in [0.3, 0.4) is 0 Å². The van der Waals surface area contributed by atoms with Gasteiger partial charge in [-0.15, -0.1) is 0 Å². The Morgan fingerprint density at radius 2 is 1.72 bits per heavy atom. The van der Waals surface area contributed by atoms with Crippen molar-refractivity contribution in [2.75, 3.05) is 4.90 Å². The predicted octanol–water partition coefficient (Wildman–Crippen LogP) is 7.11. The smallest absolute Gasteiger partial charge is 0.298 e. The van der Waals surface area contributed by atoms with Crippen LogP contribution in [-0.4, -0.2) is 11.1 Å². The monoisotopic (exact) mass is 443 g/mol. The SMILES string of the molecule is Cc1ccc(N2C(=O)S/C(=C\c3ccc(-c4ccc(Cl)c(Cl)c4)o3)C2=O)cc1C. The third-order valence-electron chi connectivity index (χ3n) is 4.65. The lowest BCUT2D eigenvalue weighted by atomic mass is 10.1. The number of anilines is 1. The van der Waals surface area contributed by atoms with Gasteiger partial charge >= 0.3 is 0 Å². The van der Waals surface area contributed by atoms with Crippen LogP contribution in [0.25, 0.3) is 17.4 Å². The first-order valence-electron chi connectivity index (χ1n) is 8.74. The summed E-state index contributed by atoms with van der Waals surface area (Å²) in [6.45, 7) is 3.93. The third kappa shape index (κ3) is 3.86. The van der Waals surface area contributed by atoms with E-state index in [0.717, 1.165) is 28.5 Å². The zero-order valence-corrected chi connectivity index (χ0v) is 17.9. The molecule has 0 radical (unpaired) electrons. The second-order valence-corrected chi connectivity index (χ2v) is 8.42. The maximum Gasteiger partial charge on any atom is 0.298 e. The van der Waals surface area contributed by atoms with Crippen LogP contribution in [0.4, 0.5) is 10.5 Å². The van der Waals surface area contributed by atoms with E-state index in [4.69, 9.17) is 27.6 Å². The number of rotatable bonds is 3. The fourth-order valence-corrected chi connectivity index (χ4v) is 4.04. The fourth-order valence-electron chi connectivity index (χ4n) is 2.92. The minimum absolute atomic E-state index is 0.309. The molecule has 0 aliphatic carbocycles. The molecule has 1 aromatic heterocycles. The van der Waals surface area contributed by atoms with E-state index in [0.29, 0.717) is 32.2 Å². The topological polar surface area (TPSA) is 50.5 Å². The lowest BCUT2D eigenvalue weighted by Gasteiger charge is -2.13. The Labute approximate surface area is 182 Å². The summed E-state index contributed by atoms with van der Waals surface area (Å²) in [6.07, 6.45) is 1.58. The molecule has 29 heavy (non-hydrogen) atoms. The quantitative estimate of drug-likeness (QED) is 0.404. The molecular weight excluding hydrogens is 429 g/mol. The zero-order valence-electron chi connectivity index (χ0n) is 15.5. The standard InChI is InChI=1S/C22H15Cl2NO3S/c1-12-3-5-15(9-13(12)2)25-21(26)20(29-22(25)27)11-16-6-8-19(28-16)14-4-7-17(23)18(24)10-14/h3-11H,1-2H3/b20-11-. The van der Waals surface area contributed by atoms with Gasteiger partial charge < -0.3 is 4.42 Å². The summed E-state index contributed by atoms with van der Waals surface area (Å²) in [4.78, 5) is 26.8.